The molecule has 6 heteroatoms. The van der Waals surface area contributed by atoms with Crippen LogP contribution in [0, 0.1) is 6.92 Å². The molecule has 1 saturated carbocycles. The molecule has 2 aliphatic carbocycles. The predicted molar refractivity (Wildman–Crippen MR) is 213 cm³/mol. The minimum atomic E-state index is -1.22. The van der Waals surface area contributed by atoms with Gasteiger partial charge in [0.2, 0.25) is 0 Å². The van der Waals surface area contributed by atoms with E-state index >= 15 is 0 Å². The average Bonchev–Trinajstić information content (AvgIpc) is 3.94. The number of benzene rings is 5. The lowest BCUT2D eigenvalue weighted by atomic mass is 9.95. The van der Waals surface area contributed by atoms with Crippen molar-refractivity contribution in [3.05, 3.63) is 182 Å². The Bertz CT molecular complexity index is 2470. The van der Waals surface area contributed by atoms with Crippen LogP contribution in [0.15, 0.2) is 133 Å². The third-order valence-corrected chi connectivity index (χ3v) is 12.2. The normalized spacial score (nSPS) is 17.9. The number of carbonyl (C=O) groups is 3. The van der Waals surface area contributed by atoms with Gasteiger partial charge in [0.1, 0.15) is 0 Å². The predicted octanol–water partition coefficient (Wildman–Crippen LogP) is 11.3. The molecule has 1 N–H and O–H groups in total. The standard InChI is InChI=1S/C47H35NO4S/c1-28-24-43(53-42(28)27-39-45(49)35-15-8-16-36(47(51)52)44(35)46(39)50)32-20-23-41-38(26-32)34-14-9-17-40(34)48(41)33-21-18-29(19-22-33)25-37(30-10-4-2-5-11-30)31-12-6-3-7-13-31/h2-8,10-13,15-16,18-27,34,40H,9,14,17H2,1H3,(H,51,52)/b39-27-. The Balaban J connectivity index is 1.02. The molecular formula is C47H35NO4S. The van der Waals surface area contributed by atoms with Gasteiger partial charge in [0.05, 0.1) is 11.1 Å². The van der Waals surface area contributed by atoms with Crippen molar-refractivity contribution >= 4 is 58.0 Å². The summed E-state index contributed by atoms with van der Waals surface area (Å²) in [4.78, 5) is 42.8. The SMILES string of the molecule is Cc1cc(-c2ccc3c(c2)C2CCCC2N3c2ccc(C=C(c3ccccc3)c3ccccc3)cc2)sc1/C=C1/C(=O)c2cccc(C(=O)O)c2C1=O. The number of anilines is 2. The molecule has 3 aliphatic rings. The van der Waals surface area contributed by atoms with Crippen LogP contribution in [0.2, 0.25) is 0 Å². The number of nitrogens with zero attached hydrogens (tertiary/aromatic N) is 1. The summed E-state index contributed by atoms with van der Waals surface area (Å²) >= 11 is 1.55. The van der Waals surface area contributed by atoms with Crippen molar-refractivity contribution in [2.75, 3.05) is 4.90 Å². The fraction of sp³-hybridized carbons (Fsp3) is 0.128. The summed E-state index contributed by atoms with van der Waals surface area (Å²) in [6.45, 7) is 1.98. The number of hydrogen-bond acceptors (Lipinski definition) is 5. The Hall–Kier alpha value is -6.11. The Morgan fingerprint density at radius 1 is 0.792 bits per heavy atom. The number of carboxylic acids is 1. The number of carboxylic acid groups (broad SMARTS) is 1. The second-order valence-electron chi connectivity index (χ2n) is 14.0. The van der Waals surface area contributed by atoms with Crippen molar-refractivity contribution in [2.45, 2.75) is 38.1 Å². The maximum Gasteiger partial charge on any atom is 0.336 e. The summed E-state index contributed by atoms with van der Waals surface area (Å²) in [7, 11) is 0. The quantitative estimate of drug-likeness (QED) is 0.101. The fourth-order valence-electron chi connectivity index (χ4n) is 8.40. The summed E-state index contributed by atoms with van der Waals surface area (Å²) in [6, 6.07) is 43.7. The summed E-state index contributed by atoms with van der Waals surface area (Å²) < 4.78 is 0. The van der Waals surface area contributed by atoms with E-state index in [9.17, 15) is 19.5 Å². The molecule has 2 unspecified atom stereocenters. The zero-order valence-electron chi connectivity index (χ0n) is 29.1. The van der Waals surface area contributed by atoms with E-state index in [0.717, 1.165) is 39.3 Å². The molecule has 1 aromatic heterocycles. The molecule has 0 bridgehead atoms. The monoisotopic (exact) mass is 709 g/mol. The number of thiophene rings is 1. The van der Waals surface area contributed by atoms with Crippen LogP contribution in [0.5, 0.6) is 0 Å². The molecule has 6 aromatic rings. The van der Waals surface area contributed by atoms with Crippen LogP contribution < -0.4 is 4.90 Å². The zero-order valence-corrected chi connectivity index (χ0v) is 29.9. The number of ketones is 2. The van der Waals surface area contributed by atoms with Crippen molar-refractivity contribution in [1.29, 1.82) is 0 Å². The average molecular weight is 710 g/mol. The van der Waals surface area contributed by atoms with E-state index in [1.54, 1.807) is 17.4 Å². The lowest BCUT2D eigenvalue weighted by Gasteiger charge is -2.27. The molecular weight excluding hydrogens is 675 g/mol. The highest BCUT2D eigenvalue weighted by atomic mass is 32.1. The second kappa shape index (κ2) is 13.1. The van der Waals surface area contributed by atoms with Gasteiger partial charge in [-0.3, -0.25) is 9.59 Å². The first-order chi connectivity index (χ1) is 25.9. The molecule has 0 amide bonds. The highest BCUT2D eigenvalue weighted by Crippen LogP contribution is 2.53. The smallest absolute Gasteiger partial charge is 0.336 e. The Morgan fingerprint density at radius 3 is 2.21 bits per heavy atom. The van der Waals surface area contributed by atoms with Gasteiger partial charge in [0.15, 0.2) is 11.6 Å². The van der Waals surface area contributed by atoms with Crippen molar-refractivity contribution in [3.8, 4) is 10.4 Å². The maximum absolute atomic E-state index is 13.3. The molecule has 5 nitrogen and oxygen atoms in total. The van der Waals surface area contributed by atoms with Crippen LogP contribution in [0.3, 0.4) is 0 Å². The van der Waals surface area contributed by atoms with E-state index in [1.807, 2.05) is 19.1 Å². The number of fused-ring (bicyclic) bond motifs is 4. The van der Waals surface area contributed by atoms with Crippen molar-refractivity contribution in [3.63, 3.8) is 0 Å². The van der Waals surface area contributed by atoms with Gasteiger partial charge in [-0.15, -0.1) is 11.3 Å². The molecule has 0 spiro atoms. The van der Waals surface area contributed by atoms with Crippen LogP contribution >= 0.6 is 11.3 Å². The fourth-order valence-corrected chi connectivity index (χ4v) is 9.52. The van der Waals surface area contributed by atoms with Crippen LogP contribution in [0.1, 0.15) is 88.9 Å². The number of Topliss-reactive ketones (excluding diaryl/α,β-unsaturated/α-hetero) is 2. The summed E-state index contributed by atoms with van der Waals surface area (Å²) in [5.41, 5.74) is 10.6. The lowest BCUT2D eigenvalue weighted by Crippen LogP contribution is -2.26. The van der Waals surface area contributed by atoms with Crippen LogP contribution in [-0.2, 0) is 0 Å². The van der Waals surface area contributed by atoms with Crippen LogP contribution in [0.4, 0.5) is 11.4 Å². The third-order valence-electron chi connectivity index (χ3n) is 10.9. The van der Waals surface area contributed by atoms with Crippen molar-refractivity contribution < 1.29 is 19.5 Å². The van der Waals surface area contributed by atoms with E-state index in [0.29, 0.717) is 12.0 Å². The van der Waals surface area contributed by atoms with E-state index in [1.165, 1.54) is 58.3 Å². The summed E-state index contributed by atoms with van der Waals surface area (Å²) in [6.07, 6.45) is 7.40. The minimum Gasteiger partial charge on any atom is -0.478 e. The first kappa shape index (κ1) is 32.8. The molecule has 2 heterocycles. The summed E-state index contributed by atoms with van der Waals surface area (Å²) in [5, 5.41) is 9.63. The molecule has 2 atom stereocenters. The van der Waals surface area contributed by atoms with Gasteiger partial charge in [-0.2, -0.15) is 0 Å². The van der Waals surface area contributed by atoms with Crippen LogP contribution in [0.25, 0.3) is 28.2 Å². The highest BCUT2D eigenvalue weighted by molar-refractivity contribution is 7.16. The highest BCUT2D eigenvalue weighted by Gasteiger charge is 2.42. The molecule has 258 valence electrons. The van der Waals surface area contributed by atoms with Gasteiger partial charge < -0.3 is 10.0 Å². The zero-order chi connectivity index (χ0) is 36.2. The van der Waals surface area contributed by atoms with Crippen molar-refractivity contribution in [2.24, 2.45) is 0 Å². The van der Waals surface area contributed by atoms with Gasteiger partial charge in [-0.25, -0.2) is 4.79 Å². The molecule has 0 radical (unpaired) electrons. The third kappa shape index (κ3) is 5.67. The topological polar surface area (TPSA) is 74.7 Å². The number of hydrogen-bond donors (Lipinski definition) is 1. The van der Waals surface area contributed by atoms with Crippen molar-refractivity contribution in [1.82, 2.24) is 0 Å². The maximum atomic E-state index is 13.3. The lowest BCUT2D eigenvalue weighted by molar-refractivity contribution is 0.0692. The molecule has 9 rings (SSSR count). The van der Waals surface area contributed by atoms with E-state index < -0.39 is 17.5 Å². The number of allylic oxidation sites excluding steroid dienone is 1. The van der Waals surface area contributed by atoms with Gasteiger partial charge in [-0.1, -0.05) is 97.4 Å². The first-order valence-corrected chi connectivity index (χ1v) is 18.8. The van der Waals surface area contributed by atoms with E-state index in [4.69, 9.17) is 0 Å². The number of aromatic carboxylic acids is 1. The second-order valence-corrected chi connectivity index (χ2v) is 15.1. The number of aryl methyl sites for hydroxylation is 1. The Morgan fingerprint density at radius 2 is 1.51 bits per heavy atom. The molecule has 53 heavy (non-hydrogen) atoms. The summed E-state index contributed by atoms with van der Waals surface area (Å²) in [5.74, 6) is -1.72. The van der Waals surface area contributed by atoms with Gasteiger partial charge in [0.25, 0.3) is 0 Å². The Labute approximate surface area is 312 Å². The van der Waals surface area contributed by atoms with Gasteiger partial charge in [0, 0.05) is 44.2 Å². The molecule has 5 aromatic carbocycles. The molecule has 1 aliphatic heterocycles. The van der Waals surface area contributed by atoms with Crippen LogP contribution in [-0.4, -0.2) is 28.7 Å². The van der Waals surface area contributed by atoms with E-state index in [-0.39, 0.29) is 22.3 Å². The van der Waals surface area contributed by atoms with Gasteiger partial charge in [-0.05, 0) is 107 Å². The van der Waals surface area contributed by atoms with Gasteiger partial charge >= 0.3 is 5.97 Å². The number of rotatable bonds is 7. The molecule has 0 saturated heterocycles. The van der Waals surface area contributed by atoms with E-state index in [2.05, 4.69) is 108 Å². The first-order valence-electron chi connectivity index (χ1n) is 18.0. The Kier molecular flexibility index (Phi) is 8.13. The number of carbonyl (C=O) groups excluding carboxylic acids is 2. The minimum absolute atomic E-state index is 0.0152. The largest absolute Gasteiger partial charge is 0.478 e. The molecule has 1 fully saturated rings.